The van der Waals surface area contributed by atoms with Crippen molar-refractivity contribution in [2.45, 2.75) is 38.4 Å². The number of hydrogen-bond acceptors (Lipinski definition) is 3. The third-order valence-electron chi connectivity index (χ3n) is 3.14. The van der Waals surface area contributed by atoms with E-state index in [1.807, 2.05) is 12.3 Å². The van der Waals surface area contributed by atoms with Crippen LogP contribution in [0.3, 0.4) is 0 Å². The second-order valence-electron chi connectivity index (χ2n) is 4.15. The van der Waals surface area contributed by atoms with Gasteiger partial charge in [0.1, 0.15) is 0 Å². The van der Waals surface area contributed by atoms with Gasteiger partial charge in [-0.15, -0.1) is 0 Å². The van der Waals surface area contributed by atoms with Crippen molar-refractivity contribution in [2.24, 2.45) is 5.73 Å². The summed E-state index contributed by atoms with van der Waals surface area (Å²) >= 11 is 0. The first-order chi connectivity index (χ1) is 6.77. The zero-order valence-electron chi connectivity index (χ0n) is 8.65. The lowest BCUT2D eigenvalue weighted by Crippen LogP contribution is -2.49. The molecule has 0 amide bonds. The van der Waals surface area contributed by atoms with E-state index < -0.39 is 0 Å². The van der Waals surface area contributed by atoms with Crippen LogP contribution in [0.5, 0.6) is 0 Å². The summed E-state index contributed by atoms with van der Waals surface area (Å²) in [7, 11) is 0. The molecule has 0 unspecified atom stereocenters. The summed E-state index contributed by atoms with van der Waals surface area (Å²) in [6, 6.07) is 2.83. The second-order valence-corrected chi connectivity index (χ2v) is 4.15. The fraction of sp³-hybridized carbons (Fsp3) is 0.636. The topological polar surface area (TPSA) is 42.4 Å². The van der Waals surface area contributed by atoms with Crippen molar-refractivity contribution in [3.8, 4) is 0 Å². The van der Waals surface area contributed by atoms with Crippen molar-refractivity contribution >= 4 is 0 Å². The molecule has 1 aliphatic rings. The van der Waals surface area contributed by atoms with E-state index >= 15 is 0 Å². The second kappa shape index (κ2) is 4.15. The Morgan fingerprint density at radius 2 is 2.50 bits per heavy atom. The molecule has 1 aromatic heterocycles. The number of furan rings is 1. The molecule has 0 radical (unpaired) electrons. The average molecular weight is 194 g/mol. The molecule has 1 aliphatic heterocycles. The van der Waals surface area contributed by atoms with Crippen LogP contribution in [0.15, 0.2) is 23.0 Å². The molecular weight excluding hydrogens is 176 g/mol. The first-order valence-electron chi connectivity index (χ1n) is 5.28. The van der Waals surface area contributed by atoms with Crippen LogP contribution in [0.25, 0.3) is 0 Å². The van der Waals surface area contributed by atoms with Crippen LogP contribution in [0, 0.1) is 0 Å². The molecule has 78 valence electrons. The summed E-state index contributed by atoms with van der Waals surface area (Å²) in [4.78, 5) is 2.43. The minimum absolute atomic E-state index is 0.329. The van der Waals surface area contributed by atoms with Gasteiger partial charge >= 0.3 is 0 Å². The molecule has 1 aromatic rings. The highest BCUT2D eigenvalue weighted by Gasteiger charge is 2.24. The zero-order chi connectivity index (χ0) is 9.97. The molecule has 1 fully saturated rings. The normalized spacial score (nSPS) is 29.3. The van der Waals surface area contributed by atoms with Crippen molar-refractivity contribution in [2.75, 3.05) is 6.54 Å². The summed E-state index contributed by atoms with van der Waals surface area (Å²) < 4.78 is 5.06. The van der Waals surface area contributed by atoms with E-state index in [1.54, 1.807) is 6.26 Å². The first kappa shape index (κ1) is 9.74. The van der Waals surface area contributed by atoms with Gasteiger partial charge in [-0.3, -0.25) is 4.90 Å². The van der Waals surface area contributed by atoms with Gasteiger partial charge in [-0.05, 0) is 32.4 Å². The van der Waals surface area contributed by atoms with Gasteiger partial charge in [-0.25, -0.2) is 0 Å². The van der Waals surface area contributed by atoms with Crippen LogP contribution >= 0.6 is 0 Å². The third-order valence-corrected chi connectivity index (χ3v) is 3.14. The number of nitrogens with two attached hydrogens (primary N) is 1. The van der Waals surface area contributed by atoms with Gasteiger partial charge in [0.2, 0.25) is 0 Å². The molecule has 0 spiro atoms. The van der Waals surface area contributed by atoms with Gasteiger partial charge in [-0.2, -0.15) is 0 Å². The molecule has 0 bridgehead atoms. The van der Waals surface area contributed by atoms with Crippen LogP contribution in [0.1, 0.15) is 25.3 Å². The number of likely N-dealkylation sites (tertiary alicyclic amines) is 1. The van der Waals surface area contributed by atoms with Gasteiger partial charge in [0, 0.05) is 24.2 Å². The van der Waals surface area contributed by atoms with Crippen LogP contribution < -0.4 is 5.73 Å². The fourth-order valence-corrected chi connectivity index (χ4v) is 2.09. The Hall–Kier alpha value is -0.800. The molecule has 2 N–H and O–H groups in total. The van der Waals surface area contributed by atoms with Gasteiger partial charge in [0.25, 0.3) is 0 Å². The molecule has 2 atom stereocenters. The van der Waals surface area contributed by atoms with E-state index in [0.29, 0.717) is 12.1 Å². The third kappa shape index (κ3) is 1.99. The lowest BCUT2D eigenvalue weighted by Gasteiger charge is -2.37. The quantitative estimate of drug-likeness (QED) is 0.777. The fourth-order valence-electron chi connectivity index (χ4n) is 2.09. The van der Waals surface area contributed by atoms with Crippen LogP contribution in [-0.2, 0) is 6.54 Å². The van der Waals surface area contributed by atoms with E-state index in [0.717, 1.165) is 19.5 Å². The highest BCUT2D eigenvalue weighted by molar-refractivity contribution is 5.05. The average Bonchev–Trinajstić information content (AvgIpc) is 2.66. The molecule has 1 saturated heterocycles. The maximum atomic E-state index is 6.03. The molecule has 3 heteroatoms. The van der Waals surface area contributed by atoms with Gasteiger partial charge in [0.15, 0.2) is 0 Å². The lowest BCUT2D eigenvalue weighted by molar-refractivity contribution is 0.132. The van der Waals surface area contributed by atoms with Crippen molar-refractivity contribution in [3.05, 3.63) is 24.2 Å². The SMILES string of the molecule is C[C@@H]1[C@H](N)CCCN1Cc1ccoc1. The molecule has 14 heavy (non-hydrogen) atoms. The summed E-state index contributed by atoms with van der Waals surface area (Å²) in [6.45, 7) is 4.33. The van der Waals surface area contributed by atoms with Crippen LogP contribution in [0.2, 0.25) is 0 Å². The molecule has 0 aromatic carbocycles. The molecule has 2 rings (SSSR count). The summed E-state index contributed by atoms with van der Waals surface area (Å²) in [5, 5.41) is 0. The molecule has 3 nitrogen and oxygen atoms in total. The van der Waals surface area contributed by atoms with Gasteiger partial charge in [-0.1, -0.05) is 0 Å². The van der Waals surface area contributed by atoms with Crippen molar-refractivity contribution in [1.29, 1.82) is 0 Å². The number of nitrogens with zero attached hydrogens (tertiary/aromatic N) is 1. The standard InChI is InChI=1S/C11H18N2O/c1-9-11(12)3-2-5-13(9)7-10-4-6-14-8-10/h4,6,8-9,11H,2-3,5,7,12H2,1H3/t9-,11-/m1/s1. The van der Waals surface area contributed by atoms with Crippen LogP contribution in [-0.4, -0.2) is 23.5 Å². The number of rotatable bonds is 2. The molecule has 0 saturated carbocycles. The highest BCUT2D eigenvalue weighted by atomic mass is 16.3. The van der Waals surface area contributed by atoms with E-state index in [1.165, 1.54) is 12.0 Å². The van der Waals surface area contributed by atoms with E-state index in [9.17, 15) is 0 Å². The zero-order valence-corrected chi connectivity index (χ0v) is 8.65. The Labute approximate surface area is 84.9 Å². The minimum Gasteiger partial charge on any atom is -0.472 e. The summed E-state index contributed by atoms with van der Waals surface area (Å²) in [5.41, 5.74) is 7.27. The lowest BCUT2D eigenvalue weighted by atomic mass is 9.98. The number of hydrogen-bond donors (Lipinski definition) is 1. The maximum Gasteiger partial charge on any atom is 0.0947 e. The van der Waals surface area contributed by atoms with Crippen molar-refractivity contribution in [3.63, 3.8) is 0 Å². The summed E-state index contributed by atoms with van der Waals surface area (Å²) in [6.07, 6.45) is 5.91. The number of piperidine rings is 1. The van der Waals surface area contributed by atoms with E-state index in [-0.39, 0.29) is 0 Å². The Morgan fingerprint density at radius 1 is 1.64 bits per heavy atom. The monoisotopic (exact) mass is 194 g/mol. The Balaban J connectivity index is 1.97. The van der Waals surface area contributed by atoms with Crippen molar-refractivity contribution < 1.29 is 4.42 Å². The van der Waals surface area contributed by atoms with E-state index in [2.05, 4.69) is 11.8 Å². The molecule has 0 aliphatic carbocycles. The first-order valence-corrected chi connectivity index (χ1v) is 5.28. The molecule has 2 heterocycles. The minimum atomic E-state index is 0.329. The predicted molar refractivity (Wildman–Crippen MR) is 55.8 cm³/mol. The largest absolute Gasteiger partial charge is 0.472 e. The Morgan fingerprint density at radius 3 is 3.21 bits per heavy atom. The van der Waals surface area contributed by atoms with Crippen molar-refractivity contribution in [1.82, 2.24) is 4.90 Å². The van der Waals surface area contributed by atoms with Gasteiger partial charge < -0.3 is 10.2 Å². The molecular formula is C11H18N2O. The smallest absolute Gasteiger partial charge is 0.0947 e. The Kier molecular flexibility index (Phi) is 2.89. The van der Waals surface area contributed by atoms with Crippen LogP contribution in [0.4, 0.5) is 0 Å². The van der Waals surface area contributed by atoms with Gasteiger partial charge in [0.05, 0.1) is 12.5 Å². The highest BCUT2D eigenvalue weighted by Crippen LogP contribution is 2.18. The Bertz CT molecular complexity index is 271. The van der Waals surface area contributed by atoms with E-state index in [4.69, 9.17) is 10.2 Å². The predicted octanol–water partition coefficient (Wildman–Crippen LogP) is 1.59. The summed E-state index contributed by atoms with van der Waals surface area (Å²) in [5.74, 6) is 0. The maximum absolute atomic E-state index is 6.03.